The summed E-state index contributed by atoms with van der Waals surface area (Å²) in [4.78, 5) is 9.84. The monoisotopic (exact) mass is 609 g/mol. The van der Waals surface area contributed by atoms with E-state index >= 15 is 0 Å². The van der Waals surface area contributed by atoms with Crippen LogP contribution >= 0.6 is 0 Å². The van der Waals surface area contributed by atoms with Crippen LogP contribution in [0.25, 0.3) is 44.2 Å². The lowest BCUT2D eigenvalue weighted by atomic mass is 9.80. The third-order valence-electron chi connectivity index (χ3n) is 9.53. The van der Waals surface area contributed by atoms with Gasteiger partial charge in [-0.25, -0.2) is 4.99 Å². The van der Waals surface area contributed by atoms with Gasteiger partial charge in [-0.2, -0.15) is 0 Å². The Balaban J connectivity index is 1.17. The number of furan rings is 1. The highest BCUT2D eigenvalue weighted by molar-refractivity contribution is 6.14. The topological polar surface area (TPSA) is 63.9 Å². The minimum Gasteiger partial charge on any atom is -0.455 e. The molecule has 1 aliphatic carbocycles. The highest BCUT2D eigenvalue weighted by atomic mass is 16.3. The molecule has 4 nitrogen and oxygen atoms in total. The third kappa shape index (κ3) is 4.85. The molecule has 0 fully saturated rings. The number of para-hydroxylation sites is 1. The van der Waals surface area contributed by atoms with Crippen molar-refractivity contribution in [3.8, 4) is 22.3 Å². The Morgan fingerprint density at radius 3 is 2.06 bits per heavy atom. The molecule has 1 aliphatic rings. The molecule has 1 heterocycles. The van der Waals surface area contributed by atoms with E-state index in [1.165, 1.54) is 27.6 Å². The second-order valence-corrected chi connectivity index (χ2v) is 12.8. The van der Waals surface area contributed by atoms with Gasteiger partial charge >= 0.3 is 0 Å². The molecule has 1 unspecified atom stereocenters. The van der Waals surface area contributed by atoms with Crippen molar-refractivity contribution in [2.24, 2.45) is 15.7 Å². The molecular weight excluding hydrogens is 574 g/mol. The molecule has 0 aliphatic heterocycles. The molecule has 1 aromatic heterocycles. The molecule has 0 amide bonds. The maximum atomic E-state index is 6.66. The number of aliphatic imine (C=N–C) groups is 2. The van der Waals surface area contributed by atoms with E-state index in [0.29, 0.717) is 11.7 Å². The summed E-state index contributed by atoms with van der Waals surface area (Å²) in [5.41, 5.74) is 18.5. The Kier molecular flexibility index (Phi) is 6.87. The normalized spacial score (nSPS) is 14.7. The van der Waals surface area contributed by atoms with E-state index in [-0.39, 0.29) is 11.5 Å². The molecule has 0 saturated heterocycles. The average molecular weight is 610 g/mol. The molecule has 0 saturated carbocycles. The summed E-state index contributed by atoms with van der Waals surface area (Å²) in [6, 6.07) is 47.9. The fourth-order valence-corrected chi connectivity index (χ4v) is 7.13. The molecule has 8 rings (SSSR count). The number of hydrogen-bond donors (Lipinski definition) is 1. The zero-order valence-electron chi connectivity index (χ0n) is 26.7. The van der Waals surface area contributed by atoms with Crippen molar-refractivity contribution in [2.45, 2.75) is 32.2 Å². The van der Waals surface area contributed by atoms with Crippen LogP contribution in [-0.4, -0.2) is 11.7 Å². The predicted molar refractivity (Wildman–Crippen MR) is 195 cm³/mol. The van der Waals surface area contributed by atoms with Gasteiger partial charge in [0.1, 0.15) is 17.0 Å². The molecule has 0 bridgehead atoms. The number of rotatable bonds is 5. The fourth-order valence-electron chi connectivity index (χ4n) is 7.13. The summed E-state index contributed by atoms with van der Waals surface area (Å²) in [5.74, 6) is 1.04. The SMILES string of the molecule is CC(N=C(N=C(N)c1ccccc1)c1ccccc1)c1ccc(-c2cccc3c2oc2ccc4c(c23)C(C)(C)c2ccccc2-4)cc1. The van der Waals surface area contributed by atoms with E-state index < -0.39 is 0 Å². The van der Waals surface area contributed by atoms with Crippen molar-refractivity contribution in [3.63, 3.8) is 0 Å². The Hall–Kier alpha value is -5.74. The summed E-state index contributed by atoms with van der Waals surface area (Å²) in [6.07, 6.45) is 0. The first-order valence-electron chi connectivity index (χ1n) is 16.1. The van der Waals surface area contributed by atoms with Gasteiger partial charge in [0.05, 0.1) is 6.04 Å². The highest BCUT2D eigenvalue weighted by Gasteiger charge is 2.38. The van der Waals surface area contributed by atoms with Crippen LogP contribution in [-0.2, 0) is 5.41 Å². The quantitative estimate of drug-likeness (QED) is 0.156. The molecule has 4 heteroatoms. The zero-order chi connectivity index (χ0) is 32.1. The molecule has 6 aromatic carbocycles. The number of hydrogen-bond acceptors (Lipinski definition) is 2. The summed E-state index contributed by atoms with van der Waals surface area (Å²) in [6.45, 7) is 6.74. The smallest absolute Gasteiger partial charge is 0.157 e. The number of benzene rings is 6. The number of fused-ring (bicyclic) bond motifs is 7. The van der Waals surface area contributed by atoms with Gasteiger partial charge in [0.25, 0.3) is 0 Å². The standard InChI is InChI=1S/C43H35N3O/c1-27(45-42(31-15-8-5-9-16-31)46-41(44)30-13-6-4-7-14-30)28-21-23-29(24-22-28)32-18-12-19-35-38-37(47-40(32)35)26-25-34-33-17-10-11-20-36(33)43(2,3)39(34)38/h4-27H,1-3H3,(H2,44,45,46). The van der Waals surface area contributed by atoms with Gasteiger partial charge in [0, 0.05) is 32.9 Å². The lowest BCUT2D eigenvalue weighted by Crippen LogP contribution is -2.16. The summed E-state index contributed by atoms with van der Waals surface area (Å²) in [5, 5.41) is 2.36. The minimum absolute atomic E-state index is 0.120. The van der Waals surface area contributed by atoms with Crippen molar-refractivity contribution in [3.05, 3.63) is 167 Å². The van der Waals surface area contributed by atoms with Crippen molar-refractivity contribution in [1.82, 2.24) is 0 Å². The van der Waals surface area contributed by atoms with E-state index in [9.17, 15) is 0 Å². The van der Waals surface area contributed by atoms with Gasteiger partial charge in [-0.3, -0.25) is 4.99 Å². The first-order valence-corrected chi connectivity index (χ1v) is 16.1. The molecule has 47 heavy (non-hydrogen) atoms. The van der Waals surface area contributed by atoms with Crippen LogP contribution in [0.3, 0.4) is 0 Å². The number of nitrogens with zero attached hydrogens (tertiary/aromatic N) is 2. The van der Waals surface area contributed by atoms with E-state index in [4.69, 9.17) is 20.1 Å². The van der Waals surface area contributed by atoms with Crippen molar-refractivity contribution >= 4 is 33.6 Å². The van der Waals surface area contributed by atoms with Crippen LogP contribution in [0.15, 0.2) is 154 Å². The zero-order valence-corrected chi connectivity index (χ0v) is 26.7. The summed E-state index contributed by atoms with van der Waals surface area (Å²) in [7, 11) is 0. The first kappa shape index (κ1) is 28.7. The van der Waals surface area contributed by atoms with Crippen LogP contribution in [0.1, 0.15) is 54.6 Å². The fraction of sp³-hybridized carbons (Fsp3) is 0.116. The van der Waals surface area contributed by atoms with Crippen LogP contribution in [0.4, 0.5) is 0 Å². The van der Waals surface area contributed by atoms with E-state index in [1.807, 2.05) is 60.7 Å². The van der Waals surface area contributed by atoms with E-state index in [0.717, 1.165) is 44.4 Å². The van der Waals surface area contributed by atoms with Crippen LogP contribution in [0, 0.1) is 0 Å². The number of nitrogens with two attached hydrogens (primary N) is 1. The Morgan fingerprint density at radius 1 is 0.660 bits per heavy atom. The van der Waals surface area contributed by atoms with Gasteiger partial charge in [0.2, 0.25) is 0 Å². The van der Waals surface area contributed by atoms with Gasteiger partial charge < -0.3 is 10.2 Å². The van der Waals surface area contributed by atoms with Gasteiger partial charge in [-0.05, 0) is 46.4 Å². The van der Waals surface area contributed by atoms with Crippen LogP contribution in [0.5, 0.6) is 0 Å². The number of amidine groups is 2. The predicted octanol–water partition coefficient (Wildman–Crippen LogP) is 10.5. The molecule has 228 valence electrons. The second-order valence-electron chi connectivity index (χ2n) is 12.8. The Labute approximate surface area is 274 Å². The van der Waals surface area contributed by atoms with Gasteiger partial charge in [-0.1, -0.05) is 147 Å². The lowest BCUT2D eigenvalue weighted by molar-refractivity contribution is 0.657. The molecule has 0 spiro atoms. The lowest BCUT2D eigenvalue weighted by Gasteiger charge is -2.22. The Morgan fingerprint density at radius 2 is 1.32 bits per heavy atom. The van der Waals surface area contributed by atoms with Crippen LogP contribution < -0.4 is 5.73 Å². The highest BCUT2D eigenvalue weighted by Crippen LogP contribution is 2.53. The maximum absolute atomic E-state index is 6.66. The van der Waals surface area contributed by atoms with E-state index in [2.05, 4.69) is 99.6 Å². The third-order valence-corrected chi connectivity index (χ3v) is 9.53. The molecule has 2 N–H and O–H groups in total. The van der Waals surface area contributed by atoms with Crippen molar-refractivity contribution in [1.29, 1.82) is 0 Å². The molecule has 7 aromatic rings. The van der Waals surface area contributed by atoms with Gasteiger partial charge in [-0.15, -0.1) is 0 Å². The first-order chi connectivity index (χ1) is 22.9. The average Bonchev–Trinajstić information content (AvgIpc) is 3.61. The van der Waals surface area contributed by atoms with Crippen molar-refractivity contribution in [2.75, 3.05) is 0 Å². The van der Waals surface area contributed by atoms with Crippen molar-refractivity contribution < 1.29 is 4.42 Å². The maximum Gasteiger partial charge on any atom is 0.157 e. The summed E-state index contributed by atoms with van der Waals surface area (Å²) >= 11 is 0. The van der Waals surface area contributed by atoms with E-state index in [1.54, 1.807) is 0 Å². The van der Waals surface area contributed by atoms with Crippen LogP contribution in [0.2, 0.25) is 0 Å². The summed E-state index contributed by atoms with van der Waals surface area (Å²) < 4.78 is 6.66. The molecule has 0 radical (unpaired) electrons. The molecular formula is C43H35N3O. The largest absolute Gasteiger partial charge is 0.455 e. The Bertz CT molecular complexity index is 2330. The molecule has 1 atom stereocenters. The second kappa shape index (κ2) is 11.3. The minimum atomic E-state index is -0.139. The van der Waals surface area contributed by atoms with Gasteiger partial charge in [0.15, 0.2) is 5.84 Å².